The molecular formula is C18H28O2. The van der Waals surface area contributed by atoms with Crippen molar-refractivity contribution in [1.29, 1.82) is 0 Å². The van der Waals surface area contributed by atoms with Gasteiger partial charge in [0.1, 0.15) is 6.29 Å². The van der Waals surface area contributed by atoms with Crippen molar-refractivity contribution in [2.45, 2.75) is 58.0 Å². The fourth-order valence-corrected chi connectivity index (χ4v) is 1.61. The van der Waals surface area contributed by atoms with Crippen molar-refractivity contribution in [3.63, 3.8) is 0 Å². The Morgan fingerprint density at radius 3 is 2.45 bits per heavy atom. The van der Waals surface area contributed by atoms with E-state index in [0.717, 1.165) is 38.4 Å². The molecule has 1 atom stereocenters. The number of aliphatic hydroxyl groups is 1. The molecule has 0 fully saturated rings. The van der Waals surface area contributed by atoms with Crippen molar-refractivity contribution in [3.8, 4) is 0 Å². The third-order valence-corrected chi connectivity index (χ3v) is 2.74. The monoisotopic (exact) mass is 276 g/mol. The summed E-state index contributed by atoms with van der Waals surface area (Å²) in [6, 6.07) is 0. The van der Waals surface area contributed by atoms with Gasteiger partial charge in [0, 0.05) is 6.42 Å². The second-order valence-corrected chi connectivity index (χ2v) is 4.65. The Labute approximate surface area is 123 Å². The van der Waals surface area contributed by atoms with Crippen LogP contribution in [0.1, 0.15) is 51.9 Å². The minimum Gasteiger partial charge on any atom is -0.389 e. The van der Waals surface area contributed by atoms with E-state index in [-0.39, 0.29) is 0 Å². The summed E-state index contributed by atoms with van der Waals surface area (Å²) >= 11 is 0. The van der Waals surface area contributed by atoms with Crippen molar-refractivity contribution in [3.05, 3.63) is 48.6 Å². The van der Waals surface area contributed by atoms with Gasteiger partial charge in [-0.3, -0.25) is 0 Å². The van der Waals surface area contributed by atoms with Crippen LogP contribution in [0.3, 0.4) is 0 Å². The average molecular weight is 276 g/mol. The lowest BCUT2D eigenvalue weighted by atomic mass is 10.2. The van der Waals surface area contributed by atoms with Gasteiger partial charge in [0.05, 0.1) is 6.10 Å². The van der Waals surface area contributed by atoms with Gasteiger partial charge in [-0.1, -0.05) is 55.5 Å². The molecule has 0 aliphatic heterocycles. The van der Waals surface area contributed by atoms with E-state index in [1.165, 1.54) is 0 Å². The number of carbonyl (C=O) groups is 1. The summed E-state index contributed by atoms with van der Waals surface area (Å²) in [5.41, 5.74) is 0. The first-order chi connectivity index (χ1) is 9.81. The van der Waals surface area contributed by atoms with Crippen molar-refractivity contribution in [2.75, 3.05) is 0 Å². The molecule has 0 aromatic carbocycles. The molecule has 0 aromatic heterocycles. The van der Waals surface area contributed by atoms with Crippen LogP contribution >= 0.6 is 0 Å². The first-order valence-corrected chi connectivity index (χ1v) is 7.56. The Kier molecular flexibility index (Phi) is 14.5. The quantitative estimate of drug-likeness (QED) is 0.246. The first kappa shape index (κ1) is 18.6. The lowest BCUT2D eigenvalue weighted by molar-refractivity contribution is -0.107. The predicted molar refractivity (Wildman–Crippen MR) is 86.6 cm³/mol. The molecule has 2 nitrogen and oxygen atoms in total. The van der Waals surface area contributed by atoms with E-state index in [4.69, 9.17) is 0 Å². The highest BCUT2D eigenvalue weighted by atomic mass is 16.3. The minimum absolute atomic E-state index is 0.416. The zero-order chi connectivity index (χ0) is 14.9. The van der Waals surface area contributed by atoms with Crippen LogP contribution in [0.4, 0.5) is 0 Å². The number of aliphatic hydroxyl groups excluding tert-OH is 1. The van der Waals surface area contributed by atoms with Crippen LogP contribution < -0.4 is 0 Å². The normalized spacial score (nSPS) is 14.1. The van der Waals surface area contributed by atoms with Crippen LogP contribution in [-0.4, -0.2) is 17.5 Å². The van der Waals surface area contributed by atoms with Crippen LogP contribution in [-0.2, 0) is 4.79 Å². The van der Waals surface area contributed by atoms with Crippen LogP contribution in [0.25, 0.3) is 0 Å². The summed E-state index contributed by atoms with van der Waals surface area (Å²) in [5, 5.41) is 9.70. The summed E-state index contributed by atoms with van der Waals surface area (Å²) in [7, 11) is 0. The highest BCUT2D eigenvalue weighted by molar-refractivity contribution is 5.48. The predicted octanol–water partition coefficient (Wildman–Crippen LogP) is 4.52. The number of rotatable bonds is 12. The number of carbonyl (C=O) groups excluding carboxylic acids is 1. The zero-order valence-electron chi connectivity index (χ0n) is 12.6. The maximum atomic E-state index is 10.1. The van der Waals surface area contributed by atoms with E-state index in [2.05, 4.69) is 31.2 Å². The van der Waals surface area contributed by atoms with E-state index in [1.54, 1.807) is 6.08 Å². The van der Waals surface area contributed by atoms with Crippen LogP contribution in [0.15, 0.2) is 48.6 Å². The highest BCUT2D eigenvalue weighted by Crippen LogP contribution is 2.00. The Morgan fingerprint density at radius 2 is 1.70 bits per heavy atom. The van der Waals surface area contributed by atoms with Crippen LogP contribution in [0.5, 0.6) is 0 Å². The Morgan fingerprint density at radius 1 is 0.950 bits per heavy atom. The molecule has 0 heterocycles. The van der Waals surface area contributed by atoms with Crippen LogP contribution in [0, 0.1) is 0 Å². The lowest BCUT2D eigenvalue weighted by Gasteiger charge is -1.98. The molecule has 0 bridgehead atoms. The van der Waals surface area contributed by atoms with E-state index >= 15 is 0 Å². The van der Waals surface area contributed by atoms with Crippen LogP contribution in [0.2, 0.25) is 0 Å². The molecule has 0 saturated heterocycles. The smallest absolute Gasteiger partial charge is 0.119 e. The Bertz CT molecular complexity index is 324. The molecular weight excluding hydrogens is 248 g/mol. The van der Waals surface area contributed by atoms with Gasteiger partial charge in [-0.25, -0.2) is 0 Å². The molecule has 0 aliphatic carbocycles. The number of aldehydes is 1. The summed E-state index contributed by atoms with van der Waals surface area (Å²) in [6.45, 7) is 2.12. The van der Waals surface area contributed by atoms with Crippen molar-refractivity contribution >= 4 is 6.29 Å². The van der Waals surface area contributed by atoms with Gasteiger partial charge >= 0.3 is 0 Å². The molecule has 0 aromatic rings. The van der Waals surface area contributed by atoms with E-state index in [9.17, 15) is 9.90 Å². The van der Waals surface area contributed by atoms with E-state index < -0.39 is 6.10 Å². The van der Waals surface area contributed by atoms with Gasteiger partial charge < -0.3 is 9.90 Å². The minimum atomic E-state index is -0.416. The SMILES string of the molecule is CC/C=C\C/C=C\CC(O)/C=C\C=C/CCCCC=O. The molecule has 1 N–H and O–H groups in total. The Balaban J connectivity index is 3.61. The average Bonchev–Trinajstić information content (AvgIpc) is 2.45. The molecule has 0 rings (SSSR count). The number of hydrogen-bond acceptors (Lipinski definition) is 2. The van der Waals surface area contributed by atoms with Gasteiger partial charge in [-0.15, -0.1) is 0 Å². The lowest BCUT2D eigenvalue weighted by Crippen LogP contribution is -1.98. The van der Waals surface area contributed by atoms with Crippen molar-refractivity contribution in [2.24, 2.45) is 0 Å². The largest absolute Gasteiger partial charge is 0.389 e. The second kappa shape index (κ2) is 15.6. The molecule has 2 heteroatoms. The summed E-state index contributed by atoms with van der Waals surface area (Å²) < 4.78 is 0. The van der Waals surface area contributed by atoms with Gasteiger partial charge in [0.2, 0.25) is 0 Å². The third kappa shape index (κ3) is 14.7. The maximum absolute atomic E-state index is 10.1. The fourth-order valence-electron chi connectivity index (χ4n) is 1.61. The zero-order valence-corrected chi connectivity index (χ0v) is 12.6. The number of allylic oxidation sites excluding steroid dienone is 6. The second-order valence-electron chi connectivity index (χ2n) is 4.65. The van der Waals surface area contributed by atoms with Gasteiger partial charge in [0.25, 0.3) is 0 Å². The highest BCUT2D eigenvalue weighted by Gasteiger charge is 1.92. The summed E-state index contributed by atoms with van der Waals surface area (Å²) in [5.74, 6) is 0. The molecule has 0 spiro atoms. The molecule has 0 radical (unpaired) electrons. The first-order valence-electron chi connectivity index (χ1n) is 7.56. The van der Waals surface area contributed by atoms with Crippen molar-refractivity contribution in [1.82, 2.24) is 0 Å². The molecule has 0 aliphatic rings. The summed E-state index contributed by atoms with van der Waals surface area (Å²) in [4.78, 5) is 10.1. The molecule has 0 saturated carbocycles. The van der Waals surface area contributed by atoms with E-state index in [1.807, 2.05) is 18.2 Å². The van der Waals surface area contributed by atoms with Crippen molar-refractivity contribution < 1.29 is 9.90 Å². The Hall–Kier alpha value is -1.41. The van der Waals surface area contributed by atoms with Gasteiger partial charge in [0.15, 0.2) is 0 Å². The standard InChI is InChI=1S/C18H28O2/c1-2-3-4-5-9-12-15-18(20)16-13-10-7-6-8-11-14-17-19/h3-4,7,9-10,12-13,16-18,20H,2,5-6,8,11,14-15H2,1H3/b4-3-,10-7-,12-9-,16-13-. The third-order valence-electron chi connectivity index (χ3n) is 2.74. The van der Waals surface area contributed by atoms with E-state index in [0.29, 0.717) is 12.8 Å². The molecule has 20 heavy (non-hydrogen) atoms. The molecule has 0 amide bonds. The number of hydrogen-bond donors (Lipinski definition) is 1. The fraction of sp³-hybridized carbons (Fsp3) is 0.500. The molecule has 1 unspecified atom stereocenters. The van der Waals surface area contributed by atoms with Gasteiger partial charge in [-0.05, 0) is 38.5 Å². The summed E-state index contributed by atoms with van der Waals surface area (Å²) in [6.07, 6.45) is 22.9. The molecule has 112 valence electrons. The maximum Gasteiger partial charge on any atom is 0.119 e. The number of unbranched alkanes of at least 4 members (excludes halogenated alkanes) is 3. The van der Waals surface area contributed by atoms with Gasteiger partial charge in [-0.2, -0.15) is 0 Å². The topological polar surface area (TPSA) is 37.3 Å².